The molecule has 0 aliphatic heterocycles. The predicted molar refractivity (Wildman–Crippen MR) is 61.3 cm³/mol. The smallest absolute Gasteiger partial charge is 0.254 e. The number of nitrogens with zero attached hydrogens (tertiary/aromatic N) is 2. The molecule has 0 saturated carbocycles. The quantitative estimate of drug-likeness (QED) is 0.862. The summed E-state index contributed by atoms with van der Waals surface area (Å²) in [6.45, 7) is 3.56. The highest BCUT2D eigenvalue weighted by Crippen LogP contribution is 2.13. The van der Waals surface area contributed by atoms with Crippen LogP contribution in [0.4, 0.5) is 8.78 Å². The van der Waals surface area contributed by atoms with Gasteiger partial charge in [0.1, 0.15) is 5.76 Å². The van der Waals surface area contributed by atoms with Gasteiger partial charge in [-0.2, -0.15) is 4.39 Å². The highest BCUT2D eigenvalue weighted by atomic mass is 19.2. The second-order valence-corrected chi connectivity index (χ2v) is 3.95. The number of nitrogens with one attached hydrogen (secondary N) is 1. The third-order valence-electron chi connectivity index (χ3n) is 2.70. The third kappa shape index (κ3) is 2.59. The molecular formula is C12H11F2N3O2. The molecule has 0 aromatic carbocycles. The van der Waals surface area contributed by atoms with Crippen LogP contribution in [0.5, 0.6) is 0 Å². The highest BCUT2D eigenvalue weighted by molar-refractivity contribution is 5.94. The van der Waals surface area contributed by atoms with Crippen LogP contribution in [0.15, 0.2) is 16.8 Å². The van der Waals surface area contributed by atoms with Gasteiger partial charge < -0.3 is 9.84 Å². The SMILES string of the molecule is Cc1noc(C)c1CNC(=O)c1ccnc(F)c1F. The first-order valence-corrected chi connectivity index (χ1v) is 5.50. The largest absolute Gasteiger partial charge is 0.361 e. The van der Waals surface area contributed by atoms with E-state index in [0.717, 1.165) is 12.3 Å². The molecule has 1 N–H and O–H groups in total. The molecule has 0 atom stereocenters. The van der Waals surface area contributed by atoms with Crippen molar-refractivity contribution in [1.82, 2.24) is 15.5 Å². The zero-order valence-corrected chi connectivity index (χ0v) is 10.3. The van der Waals surface area contributed by atoms with Crippen molar-refractivity contribution in [1.29, 1.82) is 0 Å². The van der Waals surface area contributed by atoms with Crippen molar-refractivity contribution in [2.24, 2.45) is 0 Å². The topological polar surface area (TPSA) is 68.0 Å². The van der Waals surface area contributed by atoms with Crippen LogP contribution in [0.25, 0.3) is 0 Å². The molecule has 0 saturated heterocycles. The van der Waals surface area contributed by atoms with Crippen molar-refractivity contribution in [3.8, 4) is 0 Å². The molecule has 0 bridgehead atoms. The second-order valence-electron chi connectivity index (χ2n) is 3.95. The molecule has 7 heteroatoms. The summed E-state index contributed by atoms with van der Waals surface area (Å²) in [4.78, 5) is 14.9. The summed E-state index contributed by atoms with van der Waals surface area (Å²) in [5.74, 6) is -2.72. The van der Waals surface area contributed by atoms with Gasteiger partial charge in [-0.25, -0.2) is 9.37 Å². The van der Waals surface area contributed by atoms with Gasteiger partial charge in [0.05, 0.1) is 11.3 Å². The number of carbonyl (C=O) groups is 1. The van der Waals surface area contributed by atoms with E-state index in [4.69, 9.17) is 4.52 Å². The van der Waals surface area contributed by atoms with E-state index in [1.807, 2.05) is 0 Å². The van der Waals surface area contributed by atoms with Gasteiger partial charge in [0, 0.05) is 18.3 Å². The van der Waals surface area contributed by atoms with Crippen LogP contribution in [-0.4, -0.2) is 16.0 Å². The average Bonchev–Trinajstić information content (AvgIpc) is 2.70. The number of rotatable bonds is 3. The maximum absolute atomic E-state index is 13.3. The molecule has 1 amide bonds. The first kappa shape index (κ1) is 13.1. The standard InChI is InChI=1S/C12H11F2N3O2/c1-6-9(7(2)19-17-6)5-16-12(18)8-3-4-15-11(14)10(8)13/h3-4H,5H2,1-2H3,(H,16,18). The van der Waals surface area contributed by atoms with E-state index in [1.54, 1.807) is 13.8 Å². The second kappa shape index (κ2) is 5.13. The van der Waals surface area contributed by atoms with Crippen molar-refractivity contribution in [3.05, 3.63) is 46.6 Å². The Balaban J connectivity index is 2.12. The number of hydrogen-bond acceptors (Lipinski definition) is 4. The Morgan fingerprint density at radius 2 is 2.16 bits per heavy atom. The average molecular weight is 267 g/mol. The van der Waals surface area contributed by atoms with Crippen LogP contribution in [0, 0.1) is 25.6 Å². The maximum Gasteiger partial charge on any atom is 0.254 e. The molecule has 100 valence electrons. The Bertz CT molecular complexity index is 606. The molecule has 2 rings (SSSR count). The molecule has 0 fully saturated rings. The van der Waals surface area contributed by atoms with E-state index in [2.05, 4.69) is 15.5 Å². The minimum Gasteiger partial charge on any atom is -0.361 e. The minimum absolute atomic E-state index is 0.128. The zero-order valence-electron chi connectivity index (χ0n) is 10.3. The molecule has 5 nitrogen and oxygen atoms in total. The van der Waals surface area contributed by atoms with Gasteiger partial charge in [0.15, 0.2) is 5.82 Å². The van der Waals surface area contributed by atoms with Crippen molar-refractivity contribution in [3.63, 3.8) is 0 Å². The molecule has 0 aliphatic rings. The predicted octanol–water partition coefficient (Wildman–Crippen LogP) is 1.89. The Kier molecular flexibility index (Phi) is 3.55. The van der Waals surface area contributed by atoms with E-state index in [1.165, 1.54) is 0 Å². The van der Waals surface area contributed by atoms with Gasteiger partial charge in [-0.3, -0.25) is 4.79 Å². The van der Waals surface area contributed by atoms with Crippen LogP contribution in [0.1, 0.15) is 27.4 Å². The number of aryl methyl sites for hydroxylation is 2. The number of pyridine rings is 1. The Labute approximate surface area is 107 Å². The lowest BCUT2D eigenvalue weighted by Crippen LogP contribution is -2.24. The number of aromatic nitrogens is 2. The van der Waals surface area contributed by atoms with Crippen LogP contribution >= 0.6 is 0 Å². The molecule has 0 unspecified atom stereocenters. The molecule has 2 heterocycles. The highest BCUT2D eigenvalue weighted by Gasteiger charge is 2.17. The van der Waals surface area contributed by atoms with E-state index in [-0.39, 0.29) is 12.1 Å². The first-order valence-electron chi connectivity index (χ1n) is 5.50. The fourth-order valence-electron chi connectivity index (χ4n) is 1.61. The molecule has 0 aliphatic carbocycles. The lowest BCUT2D eigenvalue weighted by molar-refractivity contribution is 0.0945. The van der Waals surface area contributed by atoms with Gasteiger partial charge in [-0.15, -0.1) is 0 Å². The van der Waals surface area contributed by atoms with E-state index >= 15 is 0 Å². The maximum atomic E-state index is 13.3. The van der Waals surface area contributed by atoms with Gasteiger partial charge in [-0.1, -0.05) is 5.16 Å². The molecule has 2 aromatic heterocycles. The normalized spacial score (nSPS) is 10.5. The third-order valence-corrected chi connectivity index (χ3v) is 2.70. The van der Waals surface area contributed by atoms with Crippen LogP contribution in [0.2, 0.25) is 0 Å². The molecule has 0 spiro atoms. The fraction of sp³-hybridized carbons (Fsp3) is 0.250. The Morgan fingerprint density at radius 1 is 1.42 bits per heavy atom. The van der Waals surface area contributed by atoms with Gasteiger partial charge in [0.25, 0.3) is 5.91 Å². The number of amides is 1. The van der Waals surface area contributed by atoms with E-state index in [0.29, 0.717) is 17.0 Å². The summed E-state index contributed by atoms with van der Waals surface area (Å²) in [5, 5.41) is 6.21. The summed E-state index contributed by atoms with van der Waals surface area (Å²) in [6, 6.07) is 1.11. The monoisotopic (exact) mass is 267 g/mol. The van der Waals surface area contributed by atoms with E-state index < -0.39 is 17.7 Å². The number of hydrogen-bond donors (Lipinski definition) is 1. The Hall–Kier alpha value is -2.31. The van der Waals surface area contributed by atoms with Crippen LogP contribution in [-0.2, 0) is 6.54 Å². The van der Waals surface area contributed by atoms with E-state index in [9.17, 15) is 13.6 Å². The summed E-state index contributed by atoms with van der Waals surface area (Å²) < 4.78 is 31.2. The van der Waals surface area contributed by atoms with Crippen molar-refractivity contribution < 1.29 is 18.1 Å². The lowest BCUT2D eigenvalue weighted by atomic mass is 10.2. The summed E-state index contributed by atoms with van der Waals surface area (Å²) in [7, 11) is 0. The molecule has 0 radical (unpaired) electrons. The zero-order chi connectivity index (χ0) is 14.0. The minimum atomic E-state index is -1.30. The molecule has 2 aromatic rings. The lowest BCUT2D eigenvalue weighted by Gasteiger charge is -2.05. The van der Waals surface area contributed by atoms with Crippen LogP contribution in [0.3, 0.4) is 0 Å². The first-order chi connectivity index (χ1) is 9.00. The molecular weight excluding hydrogens is 256 g/mol. The fourth-order valence-corrected chi connectivity index (χ4v) is 1.61. The van der Waals surface area contributed by atoms with Gasteiger partial charge in [0.2, 0.25) is 5.95 Å². The van der Waals surface area contributed by atoms with Crippen molar-refractivity contribution in [2.45, 2.75) is 20.4 Å². The van der Waals surface area contributed by atoms with Crippen molar-refractivity contribution >= 4 is 5.91 Å². The van der Waals surface area contributed by atoms with Gasteiger partial charge in [-0.05, 0) is 19.9 Å². The molecule has 19 heavy (non-hydrogen) atoms. The van der Waals surface area contributed by atoms with Crippen LogP contribution < -0.4 is 5.32 Å². The summed E-state index contributed by atoms with van der Waals surface area (Å²) in [5.41, 5.74) is 0.960. The van der Waals surface area contributed by atoms with Gasteiger partial charge >= 0.3 is 0 Å². The van der Waals surface area contributed by atoms with Crippen molar-refractivity contribution in [2.75, 3.05) is 0 Å². The number of halogens is 2. The Morgan fingerprint density at radius 3 is 2.79 bits per heavy atom. The summed E-state index contributed by atoms with van der Waals surface area (Å²) in [6.07, 6.45) is 1.03. The summed E-state index contributed by atoms with van der Waals surface area (Å²) >= 11 is 0. The number of carbonyl (C=O) groups excluding carboxylic acids is 1.